The molecule has 0 N–H and O–H groups in total. The fourth-order valence-corrected chi connectivity index (χ4v) is 16.0. The number of aromatic nitrogens is 3. The standard InChI is InChI=1S/C95H65BN6/c1-95(2,3)67-56-76(62-29-9-5-10-30-62)94(77(57-67)63-31-11-6-12-32-63)102-90-59-69(99-83-43-21-15-37-72(83)73-38-16-22-44-84(73)99)50-52-80(90)96-79-51-49-68(98-81-41-19-13-35-70(81)71-36-14-20-42-82(71)98)58-89(79)101(91-54-66(55-92(102)93(91)96)65-34-25-33-64(53-65)61-27-7-4-8-28-61)88-48-26-47-87(78(88)60-97)100-85-45-23-17-39-74(85)75-40-18-24-46-86(75)100/h4-59H,1-3H3/i13D,14D,15D,16D,19D,20D,21D,22D,35D,36D,37D,38D,41D,42D,43D,44D. The van der Waals surface area contributed by atoms with Gasteiger partial charge in [0.15, 0.2) is 0 Å². The molecule has 0 amide bonds. The number of nitrogens with zero attached hydrogens (tertiary/aromatic N) is 6. The first-order valence-electron chi connectivity index (χ1n) is 41.9. The number of anilines is 6. The van der Waals surface area contributed by atoms with E-state index in [9.17, 15) is 21.7 Å². The lowest BCUT2D eigenvalue weighted by atomic mass is 9.33. The van der Waals surface area contributed by atoms with E-state index in [2.05, 4.69) is 132 Å². The van der Waals surface area contributed by atoms with Crippen molar-refractivity contribution < 1.29 is 21.9 Å². The first-order valence-corrected chi connectivity index (χ1v) is 33.9. The first-order chi connectivity index (χ1) is 56.9. The second-order valence-corrected chi connectivity index (χ2v) is 27.1. The molecule has 102 heavy (non-hydrogen) atoms. The number of benzene rings is 15. The van der Waals surface area contributed by atoms with Crippen molar-refractivity contribution in [1.82, 2.24) is 13.7 Å². The molecule has 6 nitrogen and oxygen atoms in total. The Morgan fingerprint density at radius 1 is 0.324 bits per heavy atom. The van der Waals surface area contributed by atoms with E-state index in [-0.39, 0.29) is 60.5 Å². The van der Waals surface area contributed by atoms with Crippen LogP contribution in [0.25, 0.3) is 127 Å². The average molecular weight is 1320 g/mol. The molecule has 15 aromatic carbocycles. The zero-order valence-electron chi connectivity index (χ0n) is 71.4. The minimum atomic E-state index is -0.851. The largest absolute Gasteiger partial charge is 0.310 e. The Morgan fingerprint density at radius 3 is 1.23 bits per heavy atom. The smallest absolute Gasteiger partial charge is 0.252 e. The molecule has 0 radical (unpaired) electrons. The summed E-state index contributed by atoms with van der Waals surface area (Å²) in [5.74, 6) is 0. The van der Waals surface area contributed by atoms with Gasteiger partial charge in [0, 0.05) is 77.6 Å². The van der Waals surface area contributed by atoms with Gasteiger partial charge >= 0.3 is 0 Å². The van der Waals surface area contributed by atoms with E-state index in [1.165, 1.54) is 9.13 Å². The maximum atomic E-state index is 12.6. The number of fused-ring (bicyclic) bond motifs is 13. The van der Waals surface area contributed by atoms with Crippen LogP contribution in [0.15, 0.2) is 339 Å². The zero-order valence-corrected chi connectivity index (χ0v) is 55.4. The molecule has 18 aromatic rings. The van der Waals surface area contributed by atoms with Crippen molar-refractivity contribution in [2.45, 2.75) is 26.2 Å². The second kappa shape index (κ2) is 23.0. The Hall–Kier alpha value is -13.1. The molecule has 2 aliphatic rings. The molecule has 0 spiro atoms. The lowest BCUT2D eigenvalue weighted by molar-refractivity contribution is 0.591. The second-order valence-electron chi connectivity index (χ2n) is 27.1. The highest BCUT2D eigenvalue weighted by Gasteiger charge is 2.46. The van der Waals surface area contributed by atoms with Gasteiger partial charge < -0.3 is 23.5 Å². The summed E-state index contributed by atoms with van der Waals surface area (Å²) in [4.78, 5) is 4.35. The topological polar surface area (TPSA) is 45.1 Å². The summed E-state index contributed by atoms with van der Waals surface area (Å²) in [5, 5.41) is 14.1. The van der Waals surface area contributed by atoms with Gasteiger partial charge in [-0.05, 0) is 164 Å². The predicted molar refractivity (Wildman–Crippen MR) is 429 cm³/mol. The number of para-hydroxylation sites is 6. The molecular formula is C95H65BN6. The van der Waals surface area contributed by atoms with Crippen molar-refractivity contribution in [2.75, 3.05) is 9.80 Å². The maximum absolute atomic E-state index is 12.6. The summed E-state index contributed by atoms with van der Waals surface area (Å²) in [6.07, 6.45) is 0. The van der Waals surface area contributed by atoms with Gasteiger partial charge in [-0.3, -0.25) is 0 Å². The SMILES string of the molecule is [2H]c1c([2H])c([2H])c2c(c1[2H])c1c([2H])c([2H])c([2H])c([2H])c1n2-c1ccc2c(c1)N(c1cccc(-n3c4ccccc4c4ccccc43)c1C#N)c1cc(-c3cccc(-c4ccccc4)c3)cc3c1B2c1ccc(-n2c4c([2H])c([2H])c([2H])c([2H])c4c4c([2H])c([2H])c([2H])c([2H])c42)cc1N3c1c(-c2ccccc2)cc(C(C)(C)C)cc1-c1ccccc1. The number of rotatable bonds is 9. The van der Waals surface area contributed by atoms with E-state index >= 15 is 0 Å². The number of nitriles is 1. The monoisotopic (exact) mass is 1320 g/mol. The van der Waals surface area contributed by atoms with Crippen molar-refractivity contribution in [2.24, 2.45) is 0 Å². The van der Waals surface area contributed by atoms with Crippen LogP contribution >= 0.6 is 0 Å². The molecule has 0 bridgehead atoms. The van der Waals surface area contributed by atoms with E-state index in [1.807, 2.05) is 146 Å². The molecule has 2 aliphatic heterocycles. The number of hydrogen-bond donors (Lipinski definition) is 0. The Labute approximate surface area is 614 Å². The van der Waals surface area contributed by atoms with Crippen molar-refractivity contribution in [3.63, 3.8) is 0 Å². The third-order valence-electron chi connectivity index (χ3n) is 20.5. The summed E-state index contributed by atoms with van der Waals surface area (Å²) in [5.41, 5.74) is 15.3. The van der Waals surface area contributed by atoms with Crippen LogP contribution in [-0.4, -0.2) is 20.4 Å². The lowest BCUT2D eigenvalue weighted by Crippen LogP contribution is -2.61. The fraction of sp³-hybridized carbons (Fsp3) is 0.0421. The quantitative estimate of drug-likeness (QED) is 0.135. The molecule has 7 heteroatoms. The minimum absolute atomic E-state index is 0.0783. The average Bonchev–Trinajstić information content (AvgIpc) is 1.54. The van der Waals surface area contributed by atoms with Crippen LogP contribution in [0.1, 0.15) is 53.8 Å². The molecule has 0 fully saturated rings. The summed E-state index contributed by atoms with van der Waals surface area (Å²) < 4.78 is 156. The van der Waals surface area contributed by atoms with E-state index in [0.29, 0.717) is 56.3 Å². The van der Waals surface area contributed by atoms with Gasteiger partial charge in [-0.15, -0.1) is 0 Å². The molecule has 0 saturated heterocycles. The van der Waals surface area contributed by atoms with Crippen LogP contribution in [0.2, 0.25) is 0 Å². The van der Waals surface area contributed by atoms with Crippen LogP contribution in [0.3, 0.4) is 0 Å². The molecule has 0 unspecified atom stereocenters. The predicted octanol–water partition coefficient (Wildman–Crippen LogP) is 22.9. The molecule has 0 atom stereocenters. The molecular weight excluding hydrogens is 1240 g/mol. The Balaban J connectivity index is 0.999. The highest BCUT2D eigenvalue weighted by atomic mass is 15.2. The third kappa shape index (κ3) is 8.99. The fourth-order valence-electron chi connectivity index (χ4n) is 16.0. The zero-order chi connectivity index (χ0) is 81.8. The molecule has 3 aromatic heterocycles. The van der Waals surface area contributed by atoms with Crippen LogP contribution in [0, 0.1) is 11.3 Å². The van der Waals surface area contributed by atoms with Crippen molar-refractivity contribution >= 4 is 123 Å². The first kappa shape index (κ1) is 44.7. The molecule has 0 saturated carbocycles. The normalized spacial score (nSPS) is 14.8. The Morgan fingerprint density at radius 2 is 0.735 bits per heavy atom. The summed E-state index contributed by atoms with van der Waals surface area (Å²) in [7, 11) is 0. The van der Waals surface area contributed by atoms with E-state index in [1.54, 1.807) is 6.07 Å². The molecule has 0 aliphatic carbocycles. The molecule has 5 heterocycles. The van der Waals surface area contributed by atoms with E-state index in [4.69, 9.17) is 5.48 Å². The maximum Gasteiger partial charge on any atom is 0.252 e. The van der Waals surface area contributed by atoms with Gasteiger partial charge in [0.25, 0.3) is 6.71 Å². The van der Waals surface area contributed by atoms with Gasteiger partial charge in [0.05, 0.1) is 72.1 Å². The summed E-state index contributed by atoms with van der Waals surface area (Å²) in [6.45, 7) is 5.69. The van der Waals surface area contributed by atoms with E-state index < -0.39 is 109 Å². The van der Waals surface area contributed by atoms with Gasteiger partial charge in [0.1, 0.15) is 11.6 Å². The summed E-state index contributed by atoms with van der Waals surface area (Å²) >= 11 is 0. The number of hydrogen-bond acceptors (Lipinski definition) is 3. The van der Waals surface area contributed by atoms with E-state index in [0.717, 1.165) is 71.8 Å². The highest BCUT2D eigenvalue weighted by Crippen LogP contribution is 2.54. The third-order valence-corrected chi connectivity index (χ3v) is 20.5. The van der Waals surface area contributed by atoms with Crippen LogP contribution in [-0.2, 0) is 5.41 Å². The van der Waals surface area contributed by atoms with Gasteiger partial charge in [-0.1, -0.05) is 257 Å². The molecule has 20 rings (SSSR count). The van der Waals surface area contributed by atoms with Crippen LogP contribution < -0.4 is 26.2 Å². The Kier molecular flexibility index (Phi) is 10.1. The van der Waals surface area contributed by atoms with Crippen LogP contribution in [0.5, 0.6) is 0 Å². The minimum Gasteiger partial charge on any atom is -0.310 e. The van der Waals surface area contributed by atoms with Crippen molar-refractivity contribution in [3.8, 4) is 67.6 Å². The highest BCUT2D eigenvalue weighted by molar-refractivity contribution is 7.00. The molecule has 478 valence electrons. The van der Waals surface area contributed by atoms with Gasteiger partial charge in [-0.25, -0.2) is 0 Å². The van der Waals surface area contributed by atoms with Gasteiger partial charge in [-0.2, -0.15) is 5.26 Å². The Bertz CT molecular complexity index is 7270. The van der Waals surface area contributed by atoms with Gasteiger partial charge in [0.2, 0.25) is 0 Å². The lowest BCUT2D eigenvalue weighted by Gasteiger charge is -2.45. The van der Waals surface area contributed by atoms with Crippen LogP contribution in [0.4, 0.5) is 34.1 Å². The summed E-state index contributed by atoms with van der Waals surface area (Å²) in [6, 6.07) is 74.8. The van der Waals surface area contributed by atoms with Crippen molar-refractivity contribution in [3.05, 3.63) is 350 Å². The van der Waals surface area contributed by atoms with Crippen molar-refractivity contribution in [1.29, 1.82) is 5.26 Å².